The molecule has 0 unspecified atom stereocenters. The lowest BCUT2D eigenvalue weighted by atomic mass is 9.95. The van der Waals surface area contributed by atoms with Crippen LogP contribution in [0.4, 0.5) is 0 Å². The molecule has 0 radical (unpaired) electrons. The van der Waals surface area contributed by atoms with E-state index in [0.717, 1.165) is 57.8 Å². The van der Waals surface area contributed by atoms with Crippen LogP contribution in [0.1, 0.15) is 109 Å². The van der Waals surface area contributed by atoms with E-state index in [1.165, 1.54) is 38.5 Å². The van der Waals surface area contributed by atoms with Crippen LogP contribution in [0.3, 0.4) is 0 Å². The number of carboxylic acid groups (broad SMARTS) is 2. The number of hydrogen-bond donors (Lipinski definition) is 3. The zero-order valence-electron chi connectivity index (χ0n) is 16.5. The standard InChI is InChI=1S/C21H40O5/c22-18-19(15-11-7-4-5-9-13-17-21(25)26)14-10-6-2-1-3-8-12-16-20(23)24/h19,22H,1-18H2,(H,23,24)(H,25,26)/t19-/m0/s1. The summed E-state index contributed by atoms with van der Waals surface area (Å²) in [6.45, 7) is 0.286. The summed E-state index contributed by atoms with van der Waals surface area (Å²) in [5.74, 6) is -0.968. The summed E-state index contributed by atoms with van der Waals surface area (Å²) in [4.78, 5) is 20.8. The molecule has 5 heteroatoms. The summed E-state index contributed by atoms with van der Waals surface area (Å²) < 4.78 is 0. The average Bonchev–Trinajstić information content (AvgIpc) is 2.60. The Bertz CT molecular complexity index is 343. The number of hydrogen-bond acceptors (Lipinski definition) is 3. The van der Waals surface area contributed by atoms with E-state index in [9.17, 15) is 14.7 Å². The van der Waals surface area contributed by atoms with Crippen molar-refractivity contribution in [3.8, 4) is 0 Å². The first-order valence-electron chi connectivity index (χ1n) is 10.6. The molecule has 0 saturated heterocycles. The van der Waals surface area contributed by atoms with Gasteiger partial charge in [-0.1, -0.05) is 70.6 Å². The van der Waals surface area contributed by atoms with Crippen molar-refractivity contribution in [2.24, 2.45) is 5.92 Å². The van der Waals surface area contributed by atoms with Crippen molar-refractivity contribution in [2.45, 2.75) is 109 Å². The summed E-state index contributed by atoms with van der Waals surface area (Å²) in [6, 6.07) is 0. The van der Waals surface area contributed by atoms with Crippen LogP contribution < -0.4 is 0 Å². The fourth-order valence-corrected chi connectivity index (χ4v) is 3.34. The van der Waals surface area contributed by atoms with Crippen molar-refractivity contribution >= 4 is 11.9 Å². The molecule has 0 aromatic heterocycles. The van der Waals surface area contributed by atoms with Gasteiger partial charge in [-0.3, -0.25) is 9.59 Å². The summed E-state index contributed by atoms with van der Waals surface area (Å²) in [5, 5.41) is 26.6. The third kappa shape index (κ3) is 19.2. The number of unbranched alkanes of at least 4 members (excludes halogenated alkanes) is 11. The lowest BCUT2D eigenvalue weighted by molar-refractivity contribution is -0.138. The van der Waals surface area contributed by atoms with Crippen LogP contribution in [-0.2, 0) is 9.59 Å². The Morgan fingerprint density at radius 2 is 0.846 bits per heavy atom. The number of carbonyl (C=O) groups is 2. The third-order valence-electron chi connectivity index (χ3n) is 5.01. The SMILES string of the molecule is O=C(O)CCCCCCCCC[C@H](CO)CCCCCCCCC(=O)O. The van der Waals surface area contributed by atoms with Gasteiger partial charge in [0.25, 0.3) is 0 Å². The molecule has 0 fully saturated rings. The second kappa shape index (κ2) is 18.7. The van der Waals surface area contributed by atoms with E-state index in [-0.39, 0.29) is 13.0 Å². The van der Waals surface area contributed by atoms with Crippen molar-refractivity contribution in [1.29, 1.82) is 0 Å². The zero-order chi connectivity index (χ0) is 19.5. The Hall–Kier alpha value is -1.10. The van der Waals surface area contributed by atoms with Gasteiger partial charge < -0.3 is 15.3 Å². The molecule has 154 valence electrons. The van der Waals surface area contributed by atoms with E-state index < -0.39 is 11.9 Å². The minimum atomic E-state index is -0.700. The maximum atomic E-state index is 10.4. The molecular formula is C21H40O5. The molecule has 0 aromatic carbocycles. The number of aliphatic carboxylic acids is 2. The maximum absolute atomic E-state index is 10.4. The molecule has 0 aliphatic rings. The minimum Gasteiger partial charge on any atom is -0.481 e. The Kier molecular flexibility index (Phi) is 17.9. The van der Waals surface area contributed by atoms with E-state index in [2.05, 4.69) is 0 Å². The predicted molar refractivity (Wildman–Crippen MR) is 104 cm³/mol. The largest absolute Gasteiger partial charge is 0.481 e. The van der Waals surface area contributed by atoms with Gasteiger partial charge in [0.2, 0.25) is 0 Å². The minimum absolute atomic E-state index is 0.286. The third-order valence-corrected chi connectivity index (χ3v) is 5.01. The van der Waals surface area contributed by atoms with E-state index in [0.29, 0.717) is 12.3 Å². The van der Waals surface area contributed by atoms with Crippen molar-refractivity contribution in [2.75, 3.05) is 6.61 Å². The van der Waals surface area contributed by atoms with Crippen molar-refractivity contribution in [3.05, 3.63) is 0 Å². The van der Waals surface area contributed by atoms with E-state index in [1.807, 2.05) is 0 Å². The zero-order valence-corrected chi connectivity index (χ0v) is 16.5. The molecular weight excluding hydrogens is 332 g/mol. The number of aliphatic hydroxyl groups is 1. The molecule has 0 rings (SSSR count). The monoisotopic (exact) mass is 372 g/mol. The lowest BCUT2D eigenvalue weighted by Crippen LogP contribution is -2.06. The first kappa shape index (κ1) is 24.9. The normalized spacial score (nSPS) is 12.2. The van der Waals surface area contributed by atoms with Gasteiger partial charge in [0.15, 0.2) is 0 Å². The highest BCUT2D eigenvalue weighted by Gasteiger charge is 2.07. The molecule has 1 atom stereocenters. The number of rotatable bonds is 20. The fraction of sp³-hybridized carbons (Fsp3) is 0.905. The van der Waals surface area contributed by atoms with Crippen LogP contribution in [0.2, 0.25) is 0 Å². The van der Waals surface area contributed by atoms with Crippen LogP contribution in [0.15, 0.2) is 0 Å². The molecule has 0 aliphatic carbocycles. The first-order chi connectivity index (χ1) is 12.6. The van der Waals surface area contributed by atoms with Gasteiger partial charge in [-0.15, -0.1) is 0 Å². The van der Waals surface area contributed by atoms with Crippen LogP contribution in [0.5, 0.6) is 0 Å². The van der Waals surface area contributed by atoms with E-state index >= 15 is 0 Å². The highest BCUT2D eigenvalue weighted by molar-refractivity contribution is 5.66. The molecule has 0 heterocycles. The molecule has 0 spiro atoms. The van der Waals surface area contributed by atoms with Gasteiger partial charge >= 0.3 is 11.9 Å². The van der Waals surface area contributed by atoms with Crippen LogP contribution in [0, 0.1) is 5.92 Å². The molecule has 26 heavy (non-hydrogen) atoms. The molecule has 5 nitrogen and oxygen atoms in total. The molecule has 0 aliphatic heterocycles. The quantitative estimate of drug-likeness (QED) is 0.249. The second-order valence-corrected chi connectivity index (χ2v) is 7.51. The fourth-order valence-electron chi connectivity index (χ4n) is 3.34. The van der Waals surface area contributed by atoms with Crippen LogP contribution in [-0.4, -0.2) is 33.9 Å². The summed E-state index contributed by atoms with van der Waals surface area (Å²) >= 11 is 0. The molecule has 0 amide bonds. The number of aliphatic hydroxyl groups excluding tert-OH is 1. The van der Waals surface area contributed by atoms with Crippen molar-refractivity contribution < 1.29 is 24.9 Å². The van der Waals surface area contributed by atoms with Gasteiger partial charge in [-0.25, -0.2) is 0 Å². The first-order valence-corrected chi connectivity index (χ1v) is 10.6. The van der Waals surface area contributed by atoms with Gasteiger partial charge in [0.05, 0.1) is 0 Å². The van der Waals surface area contributed by atoms with Gasteiger partial charge in [0, 0.05) is 19.4 Å². The molecule has 0 saturated carbocycles. The molecule has 3 N–H and O–H groups in total. The molecule has 0 bridgehead atoms. The summed E-state index contributed by atoms with van der Waals surface area (Å²) in [6.07, 6.45) is 16.9. The Labute approximate surface area is 159 Å². The van der Waals surface area contributed by atoms with E-state index in [4.69, 9.17) is 10.2 Å². The lowest BCUT2D eigenvalue weighted by Gasteiger charge is -2.13. The van der Waals surface area contributed by atoms with E-state index in [1.54, 1.807) is 0 Å². The highest BCUT2D eigenvalue weighted by atomic mass is 16.4. The Balaban J connectivity index is 3.35. The second-order valence-electron chi connectivity index (χ2n) is 7.51. The Morgan fingerprint density at radius 1 is 0.538 bits per heavy atom. The Morgan fingerprint density at radius 3 is 1.15 bits per heavy atom. The van der Waals surface area contributed by atoms with Gasteiger partial charge in [-0.05, 0) is 31.6 Å². The molecule has 0 aromatic rings. The maximum Gasteiger partial charge on any atom is 0.303 e. The smallest absolute Gasteiger partial charge is 0.303 e. The van der Waals surface area contributed by atoms with Crippen molar-refractivity contribution in [1.82, 2.24) is 0 Å². The van der Waals surface area contributed by atoms with Gasteiger partial charge in [0.1, 0.15) is 0 Å². The topological polar surface area (TPSA) is 94.8 Å². The van der Waals surface area contributed by atoms with Crippen LogP contribution in [0.25, 0.3) is 0 Å². The average molecular weight is 373 g/mol. The number of carboxylic acids is 2. The van der Waals surface area contributed by atoms with Crippen molar-refractivity contribution in [3.63, 3.8) is 0 Å². The summed E-state index contributed by atoms with van der Waals surface area (Å²) in [5.41, 5.74) is 0. The summed E-state index contributed by atoms with van der Waals surface area (Å²) in [7, 11) is 0. The van der Waals surface area contributed by atoms with Crippen LogP contribution >= 0.6 is 0 Å². The van der Waals surface area contributed by atoms with Gasteiger partial charge in [-0.2, -0.15) is 0 Å². The predicted octanol–water partition coefficient (Wildman–Crippen LogP) is 5.40. The highest BCUT2D eigenvalue weighted by Crippen LogP contribution is 2.19.